The number of amides is 1. The van der Waals surface area contributed by atoms with Gasteiger partial charge in [0, 0.05) is 29.9 Å². The van der Waals surface area contributed by atoms with Gasteiger partial charge in [-0.15, -0.1) is 10.2 Å². The number of carbonyl (C=O) groups excluding carboxylic acids is 1. The van der Waals surface area contributed by atoms with Crippen molar-refractivity contribution in [2.24, 2.45) is 0 Å². The summed E-state index contributed by atoms with van der Waals surface area (Å²) in [6.07, 6.45) is 1.90. The monoisotopic (exact) mass is 392 g/mol. The molecule has 0 fully saturated rings. The second kappa shape index (κ2) is 6.45. The van der Waals surface area contributed by atoms with Crippen LogP contribution in [0.2, 0.25) is 5.02 Å². The average Bonchev–Trinajstić information content (AvgIpc) is 3.32. The van der Waals surface area contributed by atoms with Gasteiger partial charge in [-0.05, 0) is 49.4 Å². The Balaban J connectivity index is 1.47. The molecule has 5 rings (SSSR count). The lowest BCUT2D eigenvalue weighted by atomic mass is 10.1. The molecule has 1 aromatic carbocycles. The highest BCUT2D eigenvalue weighted by atomic mass is 35.5. The van der Waals surface area contributed by atoms with Crippen LogP contribution in [-0.4, -0.2) is 41.7 Å². The minimum atomic E-state index is -0.185. The van der Waals surface area contributed by atoms with E-state index in [1.54, 1.807) is 24.3 Å². The number of pyridine rings is 1. The van der Waals surface area contributed by atoms with Crippen LogP contribution in [-0.2, 0) is 6.54 Å². The lowest BCUT2D eigenvalue weighted by Gasteiger charge is -2.33. The van der Waals surface area contributed by atoms with E-state index in [9.17, 15) is 4.79 Å². The summed E-state index contributed by atoms with van der Waals surface area (Å²) >= 11 is 5.93. The smallest absolute Gasteiger partial charge is 0.254 e. The predicted molar refractivity (Wildman–Crippen MR) is 105 cm³/mol. The SMILES string of the molecule is C[C@@H]1c2nnc(-c3cc4ccccn4n3)n2CCN1C(=O)c1ccc(Cl)cc1. The van der Waals surface area contributed by atoms with Gasteiger partial charge in [-0.25, -0.2) is 4.52 Å². The zero-order valence-electron chi connectivity index (χ0n) is 15.2. The zero-order chi connectivity index (χ0) is 19.3. The number of benzene rings is 1. The van der Waals surface area contributed by atoms with Crippen molar-refractivity contribution in [3.05, 3.63) is 71.1 Å². The van der Waals surface area contributed by atoms with Gasteiger partial charge < -0.3 is 9.47 Å². The standard InChI is InChI=1S/C20H17ClN6O/c1-13-18-22-23-19(17-12-16-4-2-3-9-27(16)24-17)26(18)11-10-25(13)20(28)14-5-7-15(21)8-6-14/h2-9,12-13H,10-11H2,1H3/t13-/m1/s1. The molecule has 0 aliphatic carbocycles. The van der Waals surface area contributed by atoms with Crippen LogP contribution in [0, 0.1) is 0 Å². The highest BCUT2D eigenvalue weighted by molar-refractivity contribution is 6.30. The Hall–Kier alpha value is -3.19. The lowest BCUT2D eigenvalue weighted by molar-refractivity contribution is 0.0638. The largest absolute Gasteiger partial charge is 0.327 e. The molecule has 0 radical (unpaired) electrons. The van der Waals surface area contributed by atoms with Crippen LogP contribution in [0.4, 0.5) is 0 Å². The van der Waals surface area contributed by atoms with Crippen LogP contribution in [0.5, 0.6) is 0 Å². The number of halogens is 1. The van der Waals surface area contributed by atoms with E-state index in [2.05, 4.69) is 19.9 Å². The number of carbonyl (C=O) groups is 1. The molecule has 140 valence electrons. The number of aromatic nitrogens is 5. The second-order valence-electron chi connectivity index (χ2n) is 6.81. The number of rotatable bonds is 2. The molecule has 0 saturated carbocycles. The van der Waals surface area contributed by atoms with Gasteiger partial charge in [-0.2, -0.15) is 5.10 Å². The first kappa shape index (κ1) is 16.9. The molecule has 0 unspecified atom stereocenters. The van der Waals surface area contributed by atoms with Crippen molar-refractivity contribution in [3.8, 4) is 11.5 Å². The second-order valence-corrected chi connectivity index (χ2v) is 7.25. The predicted octanol–water partition coefficient (Wildman–Crippen LogP) is 3.46. The highest BCUT2D eigenvalue weighted by Gasteiger charge is 2.32. The van der Waals surface area contributed by atoms with Gasteiger partial charge in [0.25, 0.3) is 5.91 Å². The number of fused-ring (bicyclic) bond motifs is 2. The number of nitrogens with zero attached hydrogens (tertiary/aromatic N) is 6. The van der Waals surface area contributed by atoms with Gasteiger partial charge in [0.1, 0.15) is 5.69 Å². The molecule has 8 heteroatoms. The van der Waals surface area contributed by atoms with Crippen molar-refractivity contribution in [1.82, 2.24) is 29.3 Å². The average molecular weight is 393 g/mol. The fourth-order valence-electron chi connectivity index (χ4n) is 3.66. The van der Waals surface area contributed by atoms with Crippen molar-refractivity contribution < 1.29 is 4.79 Å². The fraction of sp³-hybridized carbons (Fsp3) is 0.200. The van der Waals surface area contributed by atoms with Gasteiger partial charge in [-0.3, -0.25) is 4.79 Å². The molecule has 0 N–H and O–H groups in total. The van der Waals surface area contributed by atoms with Gasteiger partial charge in [0.05, 0.1) is 11.6 Å². The number of hydrogen-bond acceptors (Lipinski definition) is 4. The maximum Gasteiger partial charge on any atom is 0.254 e. The Morgan fingerprint density at radius 1 is 1.11 bits per heavy atom. The van der Waals surface area contributed by atoms with Gasteiger partial charge >= 0.3 is 0 Å². The molecule has 4 aromatic rings. The number of hydrogen-bond donors (Lipinski definition) is 0. The van der Waals surface area contributed by atoms with Crippen molar-refractivity contribution in [3.63, 3.8) is 0 Å². The summed E-state index contributed by atoms with van der Waals surface area (Å²) in [6.45, 7) is 3.17. The van der Waals surface area contributed by atoms with Crippen LogP contribution >= 0.6 is 11.6 Å². The fourth-order valence-corrected chi connectivity index (χ4v) is 3.78. The molecule has 1 amide bonds. The quantitative estimate of drug-likeness (QED) is 0.524. The summed E-state index contributed by atoms with van der Waals surface area (Å²) in [6, 6.07) is 14.7. The summed E-state index contributed by atoms with van der Waals surface area (Å²) in [5.74, 6) is 1.46. The van der Waals surface area contributed by atoms with E-state index in [1.807, 2.05) is 46.8 Å². The van der Waals surface area contributed by atoms with Gasteiger partial charge in [0.2, 0.25) is 0 Å². The highest BCUT2D eigenvalue weighted by Crippen LogP contribution is 2.29. The third-order valence-electron chi connectivity index (χ3n) is 5.14. The Kier molecular flexibility index (Phi) is 3.91. The van der Waals surface area contributed by atoms with E-state index in [0.29, 0.717) is 23.7 Å². The van der Waals surface area contributed by atoms with Crippen LogP contribution < -0.4 is 0 Å². The van der Waals surface area contributed by atoms with Gasteiger partial charge in [0.15, 0.2) is 11.6 Å². The molecule has 7 nitrogen and oxygen atoms in total. The Labute approximate surface area is 166 Å². The van der Waals surface area contributed by atoms with Crippen LogP contribution in [0.15, 0.2) is 54.7 Å². The topological polar surface area (TPSA) is 68.3 Å². The third kappa shape index (κ3) is 2.66. The van der Waals surface area contributed by atoms with E-state index in [0.717, 1.165) is 22.9 Å². The summed E-state index contributed by atoms with van der Waals surface area (Å²) in [4.78, 5) is 14.8. The van der Waals surface area contributed by atoms with E-state index in [1.165, 1.54) is 0 Å². The van der Waals surface area contributed by atoms with Crippen molar-refractivity contribution >= 4 is 23.0 Å². The maximum atomic E-state index is 12.9. The molecule has 0 bridgehead atoms. The Bertz CT molecular complexity index is 1150. The third-order valence-corrected chi connectivity index (χ3v) is 5.39. The van der Waals surface area contributed by atoms with E-state index < -0.39 is 0 Å². The first-order chi connectivity index (χ1) is 13.6. The minimum absolute atomic E-state index is 0.0345. The lowest BCUT2D eigenvalue weighted by Crippen LogP contribution is -2.41. The molecule has 28 heavy (non-hydrogen) atoms. The molecule has 1 atom stereocenters. The normalized spacial score (nSPS) is 16.4. The molecule has 4 heterocycles. The van der Waals surface area contributed by atoms with Crippen LogP contribution in [0.25, 0.3) is 17.0 Å². The summed E-state index contributed by atoms with van der Waals surface area (Å²) in [7, 11) is 0. The van der Waals surface area contributed by atoms with Gasteiger partial charge in [-0.1, -0.05) is 17.7 Å². The van der Waals surface area contributed by atoms with Crippen LogP contribution in [0.1, 0.15) is 29.1 Å². The summed E-state index contributed by atoms with van der Waals surface area (Å²) in [5.41, 5.74) is 2.39. The molecule has 3 aromatic heterocycles. The first-order valence-electron chi connectivity index (χ1n) is 9.06. The molecule has 1 aliphatic heterocycles. The maximum absolute atomic E-state index is 12.9. The Morgan fingerprint density at radius 2 is 1.93 bits per heavy atom. The van der Waals surface area contributed by atoms with Crippen molar-refractivity contribution in [1.29, 1.82) is 0 Å². The van der Waals surface area contributed by atoms with E-state index in [4.69, 9.17) is 11.6 Å². The molecular weight excluding hydrogens is 376 g/mol. The van der Waals surface area contributed by atoms with Crippen molar-refractivity contribution in [2.45, 2.75) is 19.5 Å². The van der Waals surface area contributed by atoms with E-state index >= 15 is 0 Å². The molecule has 0 saturated heterocycles. The van der Waals surface area contributed by atoms with E-state index in [-0.39, 0.29) is 11.9 Å². The van der Waals surface area contributed by atoms with Crippen LogP contribution in [0.3, 0.4) is 0 Å². The summed E-state index contributed by atoms with van der Waals surface area (Å²) < 4.78 is 3.87. The minimum Gasteiger partial charge on any atom is -0.327 e. The first-order valence-corrected chi connectivity index (χ1v) is 9.44. The zero-order valence-corrected chi connectivity index (χ0v) is 15.9. The van der Waals surface area contributed by atoms with Crippen molar-refractivity contribution in [2.75, 3.05) is 6.54 Å². The molecular formula is C20H17ClN6O. The Morgan fingerprint density at radius 3 is 2.71 bits per heavy atom. The molecule has 0 spiro atoms. The molecule has 1 aliphatic rings. The summed E-state index contributed by atoms with van der Waals surface area (Å²) in [5, 5.41) is 14.0.